The highest BCUT2D eigenvalue weighted by molar-refractivity contribution is 7.92. The van der Waals surface area contributed by atoms with Crippen molar-refractivity contribution in [3.05, 3.63) is 84.4 Å². The molecule has 0 spiro atoms. The van der Waals surface area contributed by atoms with Crippen molar-refractivity contribution in [1.29, 1.82) is 0 Å². The van der Waals surface area contributed by atoms with Crippen molar-refractivity contribution in [2.45, 2.75) is 11.8 Å². The highest BCUT2D eigenvalue weighted by Gasteiger charge is 2.24. The lowest BCUT2D eigenvalue weighted by molar-refractivity contribution is -0.114. The molecule has 3 rings (SSSR count). The van der Waals surface area contributed by atoms with Crippen LogP contribution in [-0.4, -0.2) is 27.3 Å². The van der Waals surface area contributed by atoms with Gasteiger partial charge >= 0.3 is 0 Å². The Bertz CT molecular complexity index is 1180. The molecule has 0 radical (unpaired) electrons. The van der Waals surface area contributed by atoms with Gasteiger partial charge in [-0.15, -0.1) is 0 Å². The van der Waals surface area contributed by atoms with Gasteiger partial charge in [0, 0.05) is 25.3 Å². The average molecular weight is 423 g/mol. The summed E-state index contributed by atoms with van der Waals surface area (Å²) >= 11 is 0. The first-order chi connectivity index (χ1) is 14.3. The van der Waals surface area contributed by atoms with E-state index in [1.807, 2.05) is 0 Å². The number of carbonyl (C=O) groups excluding carboxylic acids is 2. The topological polar surface area (TPSA) is 95.6 Å². The fourth-order valence-corrected chi connectivity index (χ4v) is 4.13. The zero-order valence-corrected chi connectivity index (χ0v) is 17.3. The van der Waals surface area contributed by atoms with Crippen LogP contribution in [0.1, 0.15) is 17.3 Å². The molecule has 3 aromatic carbocycles. The number of benzene rings is 3. The summed E-state index contributed by atoms with van der Waals surface area (Å²) in [5, 5.41) is 5.39. The van der Waals surface area contributed by atoms with Crippen LogP contribution in [0.5, 0.6) is 0 Å². The van der Waals surface area contributed by atoms with Crippen molar-refractivity contribution in [2.24, 2.45) is 0 Å². The highest BCUT2D eigenvalue weighted by Crippen LogP contribution is 2.26. The number of rotatable bonds is 6. The Hall–Kier alpha value is -3.65. The van der Waals surface area contributed by atoms with E-state index in [9.17, 15) is 18.0 Å². The van der Waals surface area contributed by atoms with Crippen molar-refractivity contribution >= 4 is 38.9 Å². The Kier molecular flexibility index (Phi) is 6.17. The second kappa shape index (κ2) is 8.79. The van der Waals surface area contributed by atoms with E-state index in [0.717, 1.165) is 4.31 Å². The fourth-order valence-electron chi connectivity index (χ4n) is 2.90. The molecule has 0 heterocycles. The molecule has 7 nitrogen and oxygen atoms in total. The molecule has 0 unspecified atom stereocenters. The first kappa shape index (κ1) is 21.1. The number of anilines is 3. The number of nitrogens with zero attached hydrogens (tertiary/aromatic N) is 1. The van der Waals surface area contributed by atoms with Crippen molar-refractivity contribution in [2.75, 3.05) is 22.0 Å². The summed E-state index contributed by atoms with van der Waals surface area (Å²) in [4.78, 5) is 24.3. The fraction of sp³-hybridized carbons (Fsp3) is 0.0909. The van der Waals surface area contributed by atoms with Crippen LogP contribution in [0, 0.1) is 0 Å². The maximum atomic E-state index is 13.0. The molecule has 0 aliphatic carbocycles. The van der Waals surface area contributed by atoms with Crippen LogP contribution in [-0.2, 0) is 14.8 Å². The molecule has 0 aromatic heterocycles. The lowest BCUT2D eigenvalue weighted by Gasteiger charge is -2.22. The molecule has 154 valence electrons. The number of amides is 2. The number of hydrogen-bond acceptors (Lipinski definition) is 4. The Morgan fingerprint density at radius 2 is 1.40 bits per heavy atom. The van der Waals surface area contributed by atoms with Gasteiger partial charge < -0.3 is 10.6 Å². The zero-order chi connectivity index (χ0) is 21.7. The minimum absolute atomic E-state index is 0.130. The number of hydrogen-bond donors (Lipinski definition) is 2. The zero-order valence-electron chi connectivity index (χ0n) is 16.5. The maximum Gasteiger partial charge on any atom is 0.264 e. The maximum absolute atomic E-state index is 13.0. The lowest BCUT2D eigenvalue weighted by atomic mass is 10.1. The second-order valence-corrected chi connectivity index (χ2v) is 8.49. The van der Waals surface area contributed by atoms with Gasteiger partial charge in [0.1, 0.15) is 0 Å². The van der Waals surface area contributed by atoms with Gasteiger partial charge in [-0.3, -0.25) is 13.9 Å². The van der Waals surface area contributed by atoms with E-state index in [0.29, 0.717) is 11.4 Å². The molecule has 0 atom stereocenters. The van der Waals surface area contributed by atoms with Crippen LogP contribution in [0.25, 0.3) is 0 Å². The Labute approximate surface area is 175 Å². The molecule has 2 N–H and O–H groups in total. The third kappa shape index (κ3) is 4.66. The Morgan fingerprint density at radius 1 is 0.800 bits per heavy atom. The predicted molar refractivity (Wildman–Crippen MR) is 117 cm³/mol. The molecule has 0 fully saturated rings. The molecule has 8 heteroatoms. The normalized spacial score (nSPS) is 10.9. The number of nitrogens with one attached hydrogen (secondary N) is 2. The smallest absolute Gasteiger partial charge is 0.264 e. The minimum Gasteiger partial charge on any atom is -0.326 e. The van der Waals surface area contributed by atoms with Gasteiger partial charge in [-0.05, 0) is 42.5 Å². The van der Waals surface area contributed by atoms with Gasteiger partial charge in [-0.25, -0.2) is 8.42 Å². The number of para-hydroxylation sites is 1. The van der Waals surface area contributed by atoms with Crippen LogP contribution < -0.4 is 14.9 Å². The summed E-state index contributed by atoms with van der Waals surface area (Å²) in [5.41, 5.74) is 1.45. The van der Waals surface area contributed by atoms with E-state index < -0.39 is 15.9 Å². The summed E-state index contributed by atoms with van der Waals surface area (Å²) in [7, 11) is -2.43. The molecular formula is C22H21N3O4S. The molecule has 0 saturated carbocycles. The van der Waals surface area contributed by atoms with E-state index in [1.165, 1.54) is 26.1 Å². The minimum atomic E-state index is -3.84. The largest absolute Gasteiger partial charge is 0.326 e. The summed E-state index contributed by atoms with van der Waals surface area (Å²) in [5.74, 6) is -0.697. The van der Waals surface area contributed by atoms with Crippen LogP contribution in [0.4, 0.5) is 17.1 Å². The van der Waals surface area contributed by atoms with Crippen molar-refractivity contribution < 1.29 is 18.0 Å². The van der Waals surface area contributed by atoms with Crippen LogP contribution in [0.3, 0.4) is 0 Å². The quantitative estimate of drug-likeness (QED) is 0.632. The Morgan fingerprint density at radius 3 is 2.07 bits per heavy atom. The summed E-state index contributed by atoms with van der Waals surface area (Å²) in [6, 6.07) is 21.2. The predicted octanol–water partition coefficient (Wildman–Crippen LogP) is 3.72. The molecule has 2 amide bonds. The molecule has 0 aliphatic heterocycles. The first-order valence-electron chi connectivity index (χ1n) is 9.11. The molecule has 30 heavy (non-hydrogen) atoms. The molecule has 0 aliphatic rings. The van der Waals surface area contributed by atoms with Crippen LogP contribution >= 0.6 is 0 Å². The third-order valence-electron chi connectivity index (χ3n) is 4.33. The summed E-state index contributed by atoms with van der Waals surface area (Å²) in [6.45, 7) is 1.39. The van der Waals surface area contributed by atoms with Gasteiger partial charge in [0.05, 0.1) is 16.1 Å². The standard InChI is InChI=1S/C22H21N3O4S/c1-16(26)23-17-9-8-10-18(15-17)24-22(27)20-13-6-7-14-21(20)25(2)30(28,29)19-11-4-3-5-12-19/h3-15H,1-2H3,(H,23,26)(H,24,27). The van der Waals surface area contributed by atoms with Gasteiger partial charge in [0.15, 0.2) is 0 Å². The van der Waals surface area contributed by atoms with E-state index in [2.05, 4.69) is 10.6 Å². The number of carbonyl (C=O) groups is 2. The molecule has 0 bridgehead atoms. The van der Waals surface area contributed by atoms with Crippen molar-refractivity contribution in [3.8, 4) is 0 Å². The SMILES string of the molecule is CC(=O)Nc1cccc(NC(=O)c2ccccc2N(C)S(=O)(=O)c2ccccc2)c1. The van der Waals surface area contributed by atoms with E-state index in [1.54, 1.807) is 66.7 Å². The highest BCUT2D eigenvalue weighted by atomic mass is 32.2. The van der Waals surface area contributed by atoms with E-state index in [-0.39, 0.29) is 22.1 Å². The Balaban J connectivity index is 1.90. The number of sulfonamides is 1. The summed E-state index contributed by atoms with van der Waals surface area (Å²) in [6.07, 6.45) is 0. The monoisotopic (exact) mass is 423 g/mol. The first-order valence-corrected chi connectivity index (χ1v) is 10.5. The molecular weight excluding hydrogens is 402 g/mol. The van der Waals surface area contributed by atoms with Crippen LogP contribution in [0.2, 0.25) is 0 Å². The van der Waals surface area contributed by atoms with Gasteiger partial charge in [0.2, 0.25) is 5.91 Å². The van der Waals surface area contributed by atoms with Gasteiger partial charge in [-0.2, -0.15) is 0 Å². The van der Waals surface area contributed by atoms with Crippen molar-refractivity contribution in [1.82, 2.24) is 0 Å². The van der Waals surface area contributed by atoms with Gasteiger partial charge in [0.25, 0.3) is 15.9 Å². The molecule has 0 saturated heterocycles. The van der Waals surface area contributed by atoms with E-state index in [4.69, 9.17) is 0 Å². The second-order valence-electron chi connectivity index (χ2n) is 6.52. The average Bonchev–Trinajstić information content (AvgIpc) is 2.73. The van der Waals surface area contributed by atoms with Gasteiger partial charge in [-0.1, -0.05) is 36.4 Å². The lowest BCUT2D eigenvalue weighted by Crippen LogP contribution is -2.29. The van der Waals surface area contributed by atoms with Crippen LogP contribution in [0.15, 0.2) is 83.8 Å². The van der Waals surface area contributed by atoms with Crippen molar-refractivity contribution in [3.63, 3.8) is 0 Å². The van der Waals surface area contributed by atoms with E-state index >= 15 is 0 Å². The summed E-state index contributed by atoms with van der Waals surface area (Å²) < 4.78 is 27.0. The third-order valence-corrected chi connectivity index (χ3v) is 6.12. The molecule has 3 aromatic rings.